The molecule has 0 aromatic rings. The Morgan fingerprint density at radius 1 is 1.19 bits per heavy atom. The van der Waals surface area contributed by atoms with Crippen LogP contribution in [0.3, 0.4) is 0 Å². The molecule has 4 nitrogen and oxygen atoms in total. The van der Waals surface area contributed by atoms with Gasteiger partial charge in [-0.15, -0.1) is 12.4 Å². The van der Waals surface area contributed by atoms with Crippen molar-refractivity contribution >= 4 is 18.3 Å². The van der Waals surface area contributed by atoms with E-state index in [1.165, 1.54) is 51.7 Å². The molecule has 5 heteroatoms. The van der Waals surface area contributed by atoms with Crippen LogP contribution < -0.4 is 11.1 Å². The summed E-state index contributed by atoms with van der Waals surface area (Å²) in [6, 6.07) is 0. The molecule has 0 aromatic carbocycles. The van der Waals surface area contributed by atoms with Gasteiger partial charge in [0.2, 0.25) is 5.91 Å². The van der Waals surface area contributed by atoms with Gasteiger partial charge in [0.1, 0.15) is 0 Å². The van der Waals surface area contributed by atoms with Crippen LogP contribution in [-0.2, 0) is 4.79 Å². The van der Waals surface area contributed by atoms with Crippen molar-refractivity contribution in [1.29, 1.82) is 0 Å². The number of likely N-dealkylation sites (tertiary alicyclic amines) is 1. The third-order valence-electron chi connectivity index (χ3n) is 4.17. The number of nitrogens with one attached hydrogen (secondary N) is 1. The number of amides is 1. The quantitative estimate of drug-likeness (QED) is 0.642. The van der Waals surface area contributed by atoms with E-state index in [2.05, 4.69) is 17.1 Å². The fraction of sp³-hybridized carbons (Fsp3) is 0.938. The average molecular weight is 320 g/mol. The molecule has 1 saturated heterocycles. The fourth-order valence-electron chi connectivity index (χ4n) is 2.86. The lowest BCUT2D eigenvalue weighted by molar-refractivity contribution is -0.126. The number of unbranched alkanes of at least 4 members (excludes halogenated alkanes) is 2. The average Bonchev–Trinajstić information content (AvgIpc) is 2.43. The highest BCUT2D eigenvalue weighted by atomic mass is 35.5. The lowest BCUT2D eigenvalue weighted by atomic mass is 9.96. The first-order chi connectivity index (χ1) is 9.56. The van der Waals surface area contributed by atoms with Crippen LogP contribution in [-0.4, -0.2) is 42.5 Å². The SMILES string of the molecule is CCCC(C)(N)C(=O)NCCCCCN1CCCCC1.Cl. The highest BCUT2D eigenvalue weighted by molar-refractivity contribution is 5.85. The molecular formula is C16H34ClN3O. The third kappa shape index (κ3) is 8.64. The maximum Gasteiger partial charge on any atom is 0.239 e. The molecule has 0 aromatic heterocycles. The summed E-state index contributed by atoms with van der Waals surface area (Å²) in [5.74, 6) is -0.00428. The Morgan fingerprint density at radius 3 is 2.48 bits per heavy atom. The van der Waals surface area contributed by atoms with Crippen LogP contribution in [0, 0.1) is 0 Å². The molecule has 0 aliphatic carbocycles. The van der Waals surface area contributed by atoms with E-state index in [-0.39, 0.29) is 18.3 Å². The van der Waals surface area contributed by atoms with E-state index in [0.717, 1.165) is 25.8 Å². The molecule has 1 aliphatic rings. The molecule has 21 heavy (non-hydrogen) atoms. The van der Waals surface area contributed by atoms with Gasteiger partial charge in [-0.05, 0) is 58.7 Å². The monoisotopic (exact) mass is 319 g/mol. The van der Waals surface area contributed by atoms with Crippen molar-refractivity contribution in [1.82, 2.24) is 10.2 Å². The van der Waals surface area contributed by atoms with E-state index in [1.54, 1.807) is 0 Å². The van der Waals surface area contributed by atoms with Gasteiger partial charge in [0.15, 0.2) is 0 Å². The number of rotatable bonds is 9. The van der Waals surface area contributed by atoms with Crippen LogP contribution in [0.2, 0.25) is 0 Å². The number of piperidine rings is 1. The third-order valence-corrected chi connectivity index (χ3v) is 4.17. The Labute approximate surface area is 136 Å². The van der Waals surface area contributed by atoms with Gasteiger partial charge in [0.05, 0.1) is 5.54 Å². The molecule has 0 radical (unpaired) electrons. The number of carbonyl (C=O) groups excluding carboxylic acids is 1. The molecule has 1 atom stereocenters. The maximum absolute atomic E-state index is 11.9. The Bertz CT molecular complexity index is 279. The van der Waals surface area contributed by atoms with Gasteiger partial charge in [-0.1, -0.05) is 26.2 Å². The zero-order valence-electron chi connectivity index (χ0n) is 13.8. The highest BCUT2D eigenvalue weighted by Gasteiger charge is 2.26. The summed E-state index contributed by atoms with van der Waals surface area (Å²) in [7, 11) is 0. The zero-order chi connectivity index (χ0) is 14.8. The van der Waals surface area contributed by atoms with Gasteiger partial charge in [-0.3, -0.25) is 4.79 Å². The van der Waals surface area contributed by atoms with E-state index in [9.17, 15) is 4.79 Å². The lowest BCUT2D eigenvalue weighted by Crippen LogP contribution is -2.51. The van der Waals surface area contributed by atoms with Crippen molar-refractivity contribution < 1.29 is 4.79 Å². The van der Waals surface area contributed by atoms with Crippen molar-refractivity contribution in [3.8, 4) is 0 Å². The summed E-state index contributed by atoms with van der Waals surface area (Å²) in [5, 5.41) is 2.97. The Kier molecular flexibility index (Phi) is 11.1. The minimum Gasteiger partial charge on any atom is -0.355 e. The molecule has 0 spiro atoms. The zero-order valence-corrected chi connectivity index (χ0v) is 14.6. The molecule has 0 saturated carbocycles. The first-order valence-electron chi connectivity index (χ1n) is 8.36. The first-order valence-corrected chi connectivity index (χ1v) is 8.36. The minimum atomic E-state index is -0.706. The summed E-state index contributed by atoms with van der Waals surface area (Å²) in [5.41, 5.74) is 5.28. The predicted molar refractivity (Wildman–Crippen MR) is 91.9 cm³/mol. The second-order valence-electron chi connectivity index (χ2n) is 6.39. The van der Waals surface area contributed by atoms with Gasteiger partial charge < -0.3 is 16.0 Å². The van der Waals surface area contributed by atoms with Gasteiger partial charge in [-0.2, -0.15) is 0 Å². The van der Waals surface area contributed by atoms with Gasteiger partial charge in [-0.25, -0.2) is 0 Å². The second-order valence-corrected chi connectivity index (χ2v) is 6.39. The number of hydrogen-bond donors (Lipinski definition) is 2. The summed E-state index contributed by atoms with van der Waals surface area (Å²) < 4.78 is 0. The fourth-order valence-corrected chi connectivity index (χ4v) is 2.86. The molecule has 126 valence electrons. The van der Waals surface area contributed by atoms with Gasteiger partial charge in [0.25, 0.3) is 0 Å². The second kappa shape index (κ2) is 11.3. The summed E-state index contributed by atoms with van der Waals surface area (Å²) in [6.07, 6.45) is 9.30. The van der Waals surface area contributed by atoms with Crippen molar-refractivity contribution in [2.24, 2.45) is 5.73 Å². The Morgan fingerprint density at radius 2 is 1.86 bits per heavy atom. The number of nitrogens with zero attached hydrogens (tertiary/aromatic N) is 1. The van der Waals surface area contributed by atoms with Gasteiger partial charge >= 0.3 is 0 Å². The highest BCUT2D eigenvalue weighted by Crippen LogP contribution is 2.10. The van der Waals surface area contributed by atoms with Crippen molar-refractivity contribution in [2.45, 2.75) is 70.8 Å². The molecule has 3 N–H and O–H groups in total. The molecule has 1 rings (SSSR count). The number of halogens is 1. The minimum absolute atomic E-state index is 0. The summed E-state index contributed by atoms with van der Waals surface area (Å²) in [4.78, 5) is 14.5. The number of hydrogen-bond acceptors (Lipinski definition) is 3. The standard InChI is InChI=1S/C16H33N3O.ClH/c1-3-10-16(2,17)15(20)18-11-6-4-7-12-19-13-8-5-9-14-19;/h3-14,17H2,1-2H3,(H,18,20);1H. The molecular weight excluding hydrogens is 286 g/mol. The van der Waals surface area contributed by atoms with Crippen LogP contribution in [0.15, 0.2) is 0 Å². The van der Waals surface area contributed by atoms with Crippen molar-refractivity contribution in [2.75, 3.05) is 26.2 Å². The molecule has 1 amide bonds. The van der Waals surface area contributed by atoms with Crippen LogP contribution in [0.25, 0.3) is 0 Å². The normalized spacial score (nSPS) is 18.6. The van der Waals surface area contributed by atoms with Gasteiger partial charge in [0, 0.05) is 6.54 Å². The molecule has 1 unspecified atom stereocenters. The maximum atomic E-state index is 11.9. The van der Waals surface area contributed by atoms with E-state index in [0.29, 0.717) is 0 Å². The Balaban J connectivity index is 0.00000400. The van der Waals surface area contributed by atoms with Crippen LogP contribution in [0.1, 0.15) is 65.2 Å². The topological polar surface area (TPSA) is 58.4 Å². The van der Waals surface area contributed by atoms with E-state index >= 15 is 0 Å². The molecule has 0 bridgehead atoms. The summed E-state index contributed by atoms with van der Waals surface area (Å²) >= 11 is 0. The van der Waals surface area contributed by atoms with E-state index < -0.39 is 5.54 Å². The first kappa shape index (κ1) is 20.7. The molecule has 1 aliphatic heterocycles. The largest absolute Gasteiger partial charge is 0.355 e. The predicted octanol–water partition coefficient (Wildman–Crippen LogP) is 2.70. The van der Waals surface area contributed by atoms with Crippen LogP contribution >= 0.6 is 12.4 Å². The Hall–Kier alpha value is -0.320. The van der Waals surface area contributed by atoms with Crippen LogP contribution in [0.4, 0.5) is 0 Å². The van der Waals surface area contributed by atoms with E-state index in [1.807, 2.05) is 6.92 Å². The number of nitrogens with two attached hydrogens (primary N) is 1. The molecule has 1 fully saturated rings. The smallest absolute Gasteiger partial charge is 0.239 e. The number of carbonyl (C=O) groups is 1. The van der Waals surface area contributed by atoms with E-state index in [4.69, 9.17) is 5.73 Å². The lowest BCUT2D eigenvalue weighted by Gasteiger charge is -2.26. The van der Waals surface area contributed by atoms with Crippen molar-refractivity contribution in [3.63, 3.8) is 0 Å². The summed E-state index contributed by atoms with van der Waals surface area (Å²) in [6.45, 7) is 8.41. The molecule has 1 heterocycles. The van der Waals surface area contributed by atoms with Crippen LogP contribution in [0.5, 0.6) is 0 Å². The van der Waals surface area contributed by atoms with Crippen molar-refractivity contribution in [3.05, 3.63) is 0 Å².